The molecule has 6 heteroatoms. The quantitative estimate of drug-likeness (QED) is 0.361. The molecule has 100 valence electrons. The molecule has 0 spiro atoms. The van der Waals surface area contributed by atoms with Crippen LogP contribution in [0, 0.1) is 10.1 Å². The Morgan fingerprint density at radius 3 is 2.68 bits per heavy atom. The van der Waals surface area contributed by atoms with E-state index in [9.17, 15) is 14.9 Å². The maximum absolute atomic E-state index is 10.8. The van der Waals surface area contributed by atoms with Crippen LogP contribution in [0.15, 0.2) is 23.2 Å². The van der Waals surface area contributed by atoms with Gasteiger partial charge >= 0.3 is 0 Å². The molecule has 1 saturated heterocycles. The van der Waals surface area contributed by atoms with Gasteiger partial charge < -0.3 is 4.90 Å². The van der Waals surface area contributed by atoms with E-state index in [1.807, 2.05) is 0 Å². The molecule has 1 aromatic rings. The van der Waals surface area contributed by atoms with Crippen molar-refractivity contribution in [2.45, 2.75) is 25.8 Å². The molecule has 1 aliphatic rings. The zero-order valence-electron chi connectivity index (χ0n) is 10.5. The predicted octanol–water partition coefficient (Wildman–Crippen LogP) is 2.42. The Labute approximate surface area is 110 Å². The molecule has 19 heavy (non-hydrogen) atoms. The number of hydrogen-bond acceptors (Lipinski definition) is 5. The summed E-state index contributed by atoms with van der Waals surface area (Å²) in [5, 5.41) is 10.8. The van der Waals surface area contributed by atoms with Crippen LogP contribution in [0.1, 0.15) is 24.8 Å². The Kier molecular flexibility index (Phi) is 4.26. The Hall–Kier alpha value is -2.20. The number of nitrogens with zero attached hydrogens (tertiary/aromatic N) is 3. The molecule has 0 unspecified atom stereocenters. The summed E-state index contributed by atoms with van der Waals surface area (Å²) in [4.78, 5) is 26.3. The van der Waals surface area contributed by atoms with Crippen molar-refractivity contribution >= 4 is 17.5 Å². The van der Waals surface area contributed by atoms with E-state index in [1.165, 1.54) is 24.6 Å². The van der Waals surface area contributed by atoms with Crippen molar-refractivity contribution in [3.63, 3.8) is 0 Å². The maximum Gasteiger partial charge on any atom is 0.269 e. The maximum atomic E-state index is 10.8. The summed E-state index contributed by atoms with van der Waals surface area (Å²) in [6, 6.07) is 4.74. The van der Waals surface area contributed by atoms with Crippen LogP contribution in [0.25, 0.3) is 0 Å². The number of anilines is 1. The minimum atomic E-state index is -0.436. The van der Waals surface area contributed by atoms with E-state index >= 15 is 0 Å². The first-order chi connectivity index (χ1) is 9.22. The summed E-state index contributed by atoms with van der Waals surface area (Å²) in [5.41, 5.74) is 1.67. The molecule has 0 atom stereocenters. The molecule has 0 N–H and O–H groups in total. The number of piperidine rings is 1. The van der Waals surface area contributed by atoms with Crippen LogP contribution in [-0.4, -0.2) is 24.1 Å². The Bertz CT molecular complexity index is 518. The largest absolute Gasteiger partial charge is 0.371 e. The monoisotopic (exact) mass is 261 g/mol. The minimum absolute atomic E-state index is 0.0249. The van der Waals surface area contributed by atoms with Crippen LogP contribution in [0.2, 0.25) is 0 Å². The van der Waals surface area contributed by atoms with Gasteiger partial charge in [-0.15, -0.1) is 0 Å². The highest BCUT2D eigenvalue weighted by molar-refractivity contribution is 5.58. The fourth-order valence-electron chi connectivity index (χ4n) is 2.37. The second-order valence-electron chi connectivity index (χ2n) is 4.53. The van der Waals surface area contributed by atoms with E-state index in [1.54, 1.807) is 6.07 Å². The van der Waals surface area contributed by atoms with Crippen molar-refractivity contribution in [1.82, 2.24) is 0 Å². The summed E-state index contributed by atoms with van der Waals surface area (Å²) in [6.07, 6.45) is 4.93. The summed E-state index contributed by atoms with van der Waals surface area (Å²) >= 11 is 0. The second-order valence-corrected chi connectivity index (χ2v) is 4.53. The van der Waals surface area contributed by atoms with Crippen LogP contribution in [0.3, 0.4) is 0 Å². The highest BCUT2D eigenvalue weighted by atomic mass is 16.6. The van der Waals surface area contributed by atoms with E-state index in [4.69, 9.17) is 0 Å². The van der Waals surface area contributed by atoms with Gasteiger partial charge in [-0.1, -0.05) is 0 Å². The van der Waals surface area contributed by atoms with Gasteiger partial charge in [0.15, 0.2) is 0 Å². The van der Waals surface area contributed by atoms with Gasteiger partial charge in [0.2, 0.25) is 6.08 Å². The van der Waals surface area contributed by atoms with Crippen molar-refractivity contribution in [1.29, 1.82) is 0 Å². The molecule has 0 aliphatic carbocycles. The van der Waals surface area contributed by atoms with Crippen molar-refractivity contribution < 1.29 is 9.72 Å². The molecule has 0 amide bonds. The van der Waals surface area contributed by atoms with Gasteiger partial charge in [-0.3, -0.25) is 10.1 Å². The molecule has 0 aromatic heterocycles. The Morgan fingerprint density at radius 1 is 1.32 bits per heavy atom. The number of rotatable bonds is 4. The molecule has 0 saturated carbocycles. The zero-order valence-corrected chi connectivity index (χ0v) is 10.5. The van der Waals surface area contributed by atoms with Crippen molar-refractivity contribution in [3.05, 3.63) is 33.9 Å². The van der Waals surface area contributed by atoms with Gasteiger partial charge in [0.1, 0.15) is 0 Å². The molecule has 1 aliphatic heterocycles. The first-order valence-electron chi connectivity index (χ1n) is 6.28. The highest BCUT2D eigenvalue weighted by Crippen LogP contribution is 2.28. The molecular formula is C13H15N3O3. The topological polar surface area (TPSA) is 75.8 Å². The average Bonchev–Trinajstić information content (AvgIpc) is 2.45. The van der Waals surface area contributed by atoms with E-state index in [0.717, 1.165) is 31.6 Å². The lowest BCUT2D eigenvalue weighted by atomic mass is 10.1. The van der Waals surface area contributed by atoms with Gasteiger partial charge in [0.25, 0.3) is 5.69 Å². The molecule has 1 aromatic carbocycles. The number of nitro groups is 1. The van der Waals surface area contributed by atoms with Crippen LogP contribution in [-0.2, 0) is 11.3 Å². The molecule has 2 rings (SSSR count). The van der Waals surface area contributed by atoms with E-state index in [2.05, 4.69) is 9.89 Å². The first kappa shape index (κ1) is 13.2. The Morgan fingerprint density at radius 2 is 2.05 bits per heavy atom. The summed E-state index contributed by atoms with van der Waals surface area (Å²) in [7, 11) is 0. The average molecular weight is 261 g/mol. The van der Waals surface area contributed by atoms with Crippen molar-refractivity contribution in [2.24, 2.45) is 4.99 Å². The number of non-ortho nitro benzene ring substituents is 1. The van der Waals surface area contributed by atoms with Gasteiger partial charge in [-0.25, -0.2) is 9.79 Å². The van der Waals surface area contributed by atoms with Crippen LogP contribution < -0.4 is 4.90 Å². The highest BCUT2D eigenvalue weighted by Gasteiger charge is 2.17. The lowest BCUT2D eigenvalue weighted by Gasteiger charge is -2.30. The zero-order chi connectivity index (χ0) is 13.7. The SMILES string of the molecule is O=C=NCc1cc([N+](=O)[O-])ccc1N1CCCCC1. The number of benzene rings is 1. The summed E-state index contributed by atoms with van der Waals surface area (Å²) < 4.78 is 0. The predicted molar refractivity (Wildman–Crippen MR) is 71.0 cm³/mol. The van der Waals surface area contributed by atoms with E-state index < -0.39 is 4.92 Å². The third kappa shape index (κ3) is 3.17. The van der Waals surface area contributed by atoms with Crippen LogP contribution in [0.4, 0.5) is 11.4 Å². The molecule has 1 heterocycles. The van der Waals surface area contributed by atoms with E-state index in [0.29, 0.717) is 5.56 Å². The molecule has 1 fully saturated rings. The standard InChI is InChI=1S/C13H15N3O3/c17-10-14-9-11-8-12(16(18)19)4-5-13(11)15-6-2-1-3-7-15/h4-5,8H,1-3,6-7,9H2. The van der Waals surface area contributed by atoms with Gasteiger partial charge in [0, 0.05) is 36.5 Å². The van der Waals surface area contributed by atoms with Crippen LogP contribution in [0.5, 0.6) is 0 Å². The van der Waals surface area contributed by atoms with Gasteiger partial charge in [-0.05, 0) is 25.3 Å². The number of aliphatic imine (C=N–C) groups is 1. The number of nitro benzene ring substituents is 1. The molecule has 6 nitrogen and oxygen atoms in total. The fraction of sp³-hybridized carbons (Fsp3) is 0.462. The Balaban J connectivity index is 2.34. The second kappa shape index (κ2) is 6.11. The van der Waals surface area contributed by atoms with Crippen molar-refractivity contribution in [2.75, 3.05) is 18.0 Å². The molecule has 0 bridgehead atoms. The smallest absolute Gasteiger partial charge is 0.269 e. The minimum Gasteiger partial charge on any atom is -0.371 e. The lowest BCUT2D eigenvalue weighted by molar-refractivity contribution is -0.384. The molecule has 0 radical (unpaired) electrons. The number of isocyanates is 1. The number of hydrogen-bond donors (Lipinski definition) is 0. The van der Waals surface area contributed by atoms with Gasteiger partial charge in [-0.2, -0.15) is 0 Å². The number of carbonyl (C=O) groups excluding carboxylic acids is 1. The summed E-state index contributed by atoms with van der Waals surface area (Å²) in [5.74, 6) is 0. The normalized spacial score (nSPS) is 14.8. The molecular weight excluding hydrogens is 246 g/mol. The van der Waals surface area contributed by atoms with E-state index in [-0.39, 0.29) is 12.2 Å². The fourth-order valence-corrected chi connectivity index (χ4v) is 2.37. The van der Waals surface area contributed by atoms with Crippen LogP contribution >= 0.6 is 0 Å². The third-order valence-electron chi connectivity index (χ3n) is 3.28. The van der Waals surface area contributed by atoms with Crippen molar-refractivity contribution in [3.8, 4) is 0 Å². The summed E-state index contributed by atoms with van der Waals surface area (Å²) in [6.45, 7) is 2.02. The van der Waals surface area contributed by atoms with Gasteiger partial charge in [0.05, 0.1) is 11.5 Å². The lowest BCUT2D eigenvalue weighted by Crippen LogP contribution is -2.30. The third-order valence-corrected chi connectivity index (χ3v) is 3.28. The first-order valence-corrected chi connectivity index (χ1v) is 6.28.